The number of amidine groups is 1. The van der Waals surface area contributed by atoms with E-state index in [0.29, 0.717) is 0 Å². The molecule has 1 N–H and O–H groups in total. The van der Waals surface area contributed by atoms with Gasteiger partial charge in [-0.15, -0.1) is 11.3 Å². The number of aliphatic imine (C=N–C) groups is 1. The Morgan fingerprint density at radius 2 is 2.41 bits per heavy atom. The fourth-order valence-corrected chi connectivity index (χ4v) is 3.65. The molecule has 1 unspecified atom stereocenters. The van der Waals surface area contributed by atoms with Crippen molar-refractivity contribution in [3.8, 4) is 0 Å². The lowest BCUT2D eigenvalue weighted by molar-refractivity contribution is 0.390. The van der Waals surface area contributed by atoms with Crippen LogP contribution < -0.4 is 5.32 Å². The smallest absolute Gasteiger partial charge is 0.157 e. The molecule has 5 heteroatoms. The molecule has 1 atom stereocenters. The van der Waals surface area contributed by atoms with Gasteiger partial charge in [0.05, 0.1) is 11.6 Å². The predicted molar refractivity (Wildman–Crippen MR) is 76.9 cm³/mol. The molecule has 3 nitrogen and oxygen atoms in total. The van der Waals surface area contributed by atoms with Gasteiger partial charge >= 0.3 is 0 Å². The molecule has 17 heavy (non-hydrogen) atoms. The number of nitrogens with zero attached hydrogens (tertiary/aromatic N) is 2. The molecule has 2 heterocycles. The quantitative estimate of drug-likeness (QED) is 0.915. The number of thioether (sulfide) groups is 1. The second-order valence-corrected chi connectivity index (χ2v) is 7.01. The fourth-order valence-electron chi connectivity index (χ4n) is 1.71. The van der Waals surface area contributed by atoms with Crippen LogP contribution >= 0.6 is 23.1 Å². The highest BCUT2D eigenvalue weighted by Gasteiger charge is 2.27. The summed E-state index contributed by atoms with van der Waals surface area (Å²) in [6, 6.07) is 0. The summed E-state index contributed by atoms with van der Waals surface area (Å²) in [5.41, 5.74) is 0.230. The molecule has 0 aromatic carbocycles. The molecule has 1 aliphatic heterocycles. The highest BCUT2D eigenvalue weighted by molar-refractivity contribution is 8.13. The first-order valence-electron chi connectivity index (χ1n) is 5.98. The summed E-state index contributed by atoms with van der Waals surface area (Å²) in [7, 11) is 0. The van der Waals surface area contributed by atoms with Gasteiger partial charge in [-0.25, -0.2) is 4.98 Å². The van der Waals surface area contributed by atoms with E-state index in [9.17, 15) is 0 Å². The maximum atomic E-state index is 4.65. The van der Waals surface area contributed by atoms with Crippen LogP contribution in [0.5, 0.6) is 0 Å². The van der Waals surface area contributed by atoms with Crippen LogP contribution in [0.25, 0.3) is 0 Å². The molecule has 0 bridgehead atoms. The Hall–Kier alpha value is -0.550. The Morgan fingerprint density at radius 1 is 1.59 bits per heavy atom. The van der Waals surface area contributed by atoms with Crippen LogP contribution in [0.4, 0.5) is 0 Å². The van der Waals surface area contributed by atoms with Crippen LogP contribution in [0.2, 0.25) is 0 Å². The molecule has 0 saturated carbocycles. The molecule has 94 valence electrons. The van der Waals surface area contributed by atoms with Gasteiger partial charge in [0, 0.05) is 22.4 Å². The summed E-state index contributed by atoms with van der Waals surface area (Å²) in [5.74, 6) is 1.16. The molecular weight excluding hydrogens is 250 g/mol. The third kappa shape index (κ3) is 3.45. The monoisotopic (exact) mass is 269 g/mol. The Kier molecular flexibility index (Phi) is 4.09. The number of aryl methyl sites for hydroxylation is 1. The third-order valence-corrected chi connectivity index (χ3v) is 4.94. The Morgan fingerprint density at radius 3 is 3.06 bits per heavy atom. The van der Waals surface area contributed by atoms with Gasteiger partial charge in [-0.1, -0.05) is 18.7 Å². The number of nitrogens with one attached hydrogen (secondary N) is 1. The van der Waals surface area contributed by atoms with Crippen molar-refractivity contribution in [1.82, 2.24) is 10.3 Å². The first-order chi connectivity index (χ1) is 8.11. The summed E-state index contributed by atoms with van der Waals surface area (Å²) in [6.45, 7) is 7.29. The van der Waals surface area contributed by atoms with Crippen LogP contribution in [-0.4, -0.2) is 21.4 Å². The number of hydrogen-bond donors (Lipinski definition) is 1. The zero-order chi connectivity index (χ0) is 12.3. The lowest BCUT2D eigenvalue weighted by atomic mass is 9.96. The second-order valence-electron chi connectivity index (χ2n) is 4.60. The molecule has 0 radical (unpaired) electrons. The molecular formula is C12H19N3S2. The van der Waals surface area contributed by atoms with E-state index in [4.69, 9.17) is 0 Å². The number of aromatic nitrogens is 1. The van der Waals surface area contributed by atoms with Crippen LogP contribution in [-0.2, 0) is 6.54 Å². The van der Waals surface area contributed by atoms with E-state index in [-0.39, 0.29) is 5.54 Å². The molecule has 0 spiro atoms. The van der Waals surface area contributed by atoms with Crippen LogP contribution in [0, 0.1) is 6.92 Å². The first kappa shape index (κ1) is 12.9. The Balaban J connectivity index is 1.97. The SMILES string of the molecule is CCC1(C)CCSC(=NCc2cnc(C)s2)N1. The molecule has 1 fully saturated rings. The lowest BCUT2D eigenvalue weighted by Gasteiger charge is -2.35. The van der Waals surface area contributed by atoms with Crippen molar-refractivity contribution in [2.45, 2.75) is 45.7 Å². The van der Waals surface area contributed by atoms with Gasteiger partial charge in [0.2, 0.25) is 0 Å². The van der Waals surface area contributed by atoms with Crippen molar-refractivity contribution in [3.63, 3.8) is 0 Å². The fraction of sp³-hybridized carbons (Fsp3) is 0.667. The van der Waals surface area contributed by atoms with Gasteiger partial charge in [0.15, 0.2) is 5.17 Å². The zero-order valence-electron chi connectivity index (χ0n) is 10.6. The molecule has 0 aliphatic carbocycles. The molecule has 1 aromatic heterocycles. The number of hydrogen-bond acceptors (Lipinski definition) is 4. The van der Waals surface area contributed by atoms with E-state index < -0.39 is 0 Å². The van der Waals surface area contributed by atoms with Gasteiger partial charge < -0.3 is 5.32 Å². The van der Waals surface area contributed by atoms with Crippen LogP contribution in [0.1, 0.15) is 36.6 Å². The minimum Gasteiger partial charge on any atom is -0.360 e. The largest absolute Gasteiger partial charge is 0.360 e. The topological polar surface area (TPSA) is 37.3 Å². The Labute approximate surface area is 111 Å². The van der Waals surface area contributed by atoms with Gasteiger partial charge in [0.25, 0.3) is 0 Å². The number of thiazole rings is 1. The van der Waals surface area contributed by atoms with Crippen molar-refractivity contribution in [2.75, 3.05) is 5.75 Å². The average molecular weight is 269 g/mol. The predicted octanol–water partition coefficient (Wildman–Crippen LogP) is 3.20. The minimum atomic E-state index is 0.230. The van der Waals surface area contributed by atoms with Crippen molar-refractivity contribution in [2.24, 2.45) is 4.99 Å². The van der Waals surface area contributed by atoms with Gasteiger partial charge in [0.1, 0.15) is 0 Å². The van der Waals surface area contributed by atoms with Gasteiger partial charge in [-0.3, -0.25) is 4.99 Å². The van der Waals surface area contributed by atoms with Crippen molar-refractivity contribution < 1.29 is 0 Å². The Bertz CT molecular complexity index is 414. The van der Waals surface area contributed by atoms with Crippen LogP contribution in [0.15, 0.2) is 11.2 Å². The summed E-state index contributed by atoms with van der Waals surface area (Å²) < 4.78 is 0. The first-order valence-corrected chi connectivity index (χ1v) is 7.78. The lowest BCUT2D eigenvalue weighted by Crippen LogP contribution is -2.48. The van der Waals surface area contributed by atoms with Gasteiger partial charge in [-0.2, -0.15) is 0 Å². The maximum Gasteiger partial charge on any atom is 0.157 e. The van der Waals surface area contributed by atoms with E-state index >= 15 is 0 Å². The average Bonchev–Trinajstić information content (AvgIpc) is 2.73. The van der Waals surface area contributed by atoms with E-state index in [1.165, 1.54) is 11.3 Å². The van der Waals surface area contributed by atoms with Gasteiger partial charge in [-0.05, 0) is 26.7 Å². The van der Waals surface area contributed by atoms with E-state index in [0.717, 1.165) is 28.9 Å². The molecule has 0 amide bonds. The van der Waals surface area contributed by atoms with Crippen molar-refractivity contribution in [1.29, 1.82) is 0 Å². The van der Waals surface area contributed by atoms with E-state index in [1.807, 2.05) is 24.9 Å². The standard InChI is InChI=1S/C12H19N3S2/c1-4-12(3)5-6-16-11(15-12)14-8-10-7-13-9(2)17-10/h7H,4-6,8H2,1-3H3,(H,14,15). The highest BCUT2D eigenvalue weighted by Crippen LogP contribution is 2.25. The second kappa shape index (κ2) is 5.40. The maximum absolute atomic E-state index is 4.65. The van der Waals surface area contributed by atoms with Crippen molar-refractivity contribution >= 4 is 28.3 Å². The number of rotatable bonds is 3. The highest BCUT2D eigenvalue weighted by atomic mass is 32.2. The normalized spacial score (nSPS) is 27.1. The third-order valence-electron chi connectivity index (χ3n) is 3.13. The summed E-state index contributed by atoms with van der Waals surface area (Å²) in [5, 5.41) is 5.76. The molecule has 1 aliphatic rings. The molecule has 2 rings (SSSR count). The summed E-state index contributed by atoms with van der Waals surface area (Å²) in [4.78, 5) is 10.1. The van der Waals surface area contributed by atoms with E-state index in [2.05, 4.69) is 29.1 Å². The molecule has 1 saturated heterocycles. The minimum absolute atomic E-state index is 0.230. The zero-order valence-corrected chi connectivity index (χ0v) is 12.2. The van der Waals surface area contributed by atoms with Crippen LogP contribution in [0.3, 0.4) is 0 Å². The molecule has 1 aromatic rings. The van der Waals surface area contributed by atoms with E-state index in [1.54, 1.807) is 11.3 Å². The summed E-state index contributed by atoms with van der Waals surface area (Å²) in [6.07, 6.45) is 4.29. The van der Waals surface area contributed by atoms with Crippen molar-refractivity contribution in [3.05, 3.63) is 16.1 Å². The summed E-state index contributed by atoms with van der Waals surface area (Å²) >= 11 is 3.56.